The van der Waals surface area contributed by atoms with Gasteiger partial charge >= 0.3 is 5.97 Å². The largest absolute Gasteiger partial charge is 0.464 e. The van der Waals surface area contributed by atoms with Gasteiger partial charge < -0.3 is 10.1 Å². The second-order valence-corrected chi connectivity index (χ2v) is 5.01. The Hall–Kier alpha value is -1.89. The minimum absolute atomic E-state index is 0.328. The van der Waals surface area contributed by atoms with Crippen LogP contribution in [0, 0.1) is 13.8 Å². The number of carbonyl (C=O) groups excluding carboxylic acids is 1. The highest BCUT2D eigenvalue weighted by Crippen LogP contribution is 2.19. The first-order valence-corrected chi connectivity index (χ1v) is 6.67. The zero-order chi connectivity index (χ0) is 14.0. The van der Waals surface area contributed by atoms with Gasteiger partial charge in [0.15, 0.2) is 10.8 Å². The van der Waals surface area contributed by atoms with E-state index in [0.29, 0.717) is 17.4 Å². The first-order chi connectivity index (χ1) is 9.02. The van der Waals surface area contributed by atoms with Gasteiger partial charge in [0.05, 0.1) is 12.8 Å². The minimum Gasteiger partial charge on any atom is -0.464 e. The van der Waals surface area contributed by atoms with E-state index in [2.05, 4.69) is 20.1 Å². The molecule has 102 valence electrons. The van der Waals surface area contributed by atoms with Crippen LogP contribution >= 0.6 is 11.3 Å². The van der Waals surface area contributed by atoms with Crippen LogP contribution in [0.5, 0.6) is 0 Å². The summed E-state index contributed by atoms with van der Waals surface area (Å²) in [5, 5.41) is 9.93. The fraction of sp³-hybridized carbons (Fsp3) is 0.417. The van der Waals surface area contributed by atoms with Gasteiger partial charge in [-0.3, -0.25) is 4.68 Å². The van der Waals surface area contributed by atoms with Crippen LogP contribution in [0.3, 0.4) is 0 Å². The number of nitrogens with one attached hydrogen (secondary N) is 1. The predicted octanol–water partition coefficient (Wildman–Crippen LogP) is 1.89. The Balaban J connectivity index is 2.06. The van der Waals surface area contributed by atoms with E-state index >= 15 is 0 Å². The molecule has 0 unspecified atom stereocenters. The summed E-state index contributed by atoms with van der Waals surface area (Å²) in [4.78, 5) is 15.5. The Bertz CT molecular complexity index is 603. The van der Waals surface area contributed by atoms with E-state index in [1.54, 1.807) is 5.38 Å². The fourth-order valence-corrected chi connectivity index (χ4v) is 2.47. The molecule has 0 aliphatic carbocycles. The number of ether oxygens (including phenoxy) is 1. The zero-order valence-electron chi connectivity index (χ0n) is 11.4. The molecule has 19 heavy (non-hydrogen) atoms. The van der Waals surface area contributed by atoms with Gasteiger partial charge in [-0.2, -0.15) is 5.10 Å². The van der Waals surface area contributed by atoms with Crippen molar-refractivity contribution in [1.29, 1.82) is 0 Å². The number of rotatable bonds is 4. The van der Waals surface area contributed by atoms with Crippen LogP contribution in [0.4, 0.5) is 5.13 Å². The summed E-state index contributed by atoms with van der Waals surface area (Å²) in [7, 11) is 3.27. The maximum Gasteiger partial charge on any atom is 0.357 e. The Kier molecular flexibility index (Phi) is 3.84. The average molecular weight is 280 g/mol. The molecular weight excluding hydrogens is 264 g/mol. The molecule has 6 nitrogen and oxygen atoms in total. The van der Waals surface area contributed by atoms with Crippen LogP contribution in [-0.4, -0.2) is 27.8 Å². The number of esters is 1. The lowest BCUT2D eigenvalue weighted by Gasteiger charge is -2.03. The van der Waals surface area contributed by atoms with E-state index in [9.17, 15) is 4.79 Å². The molecule has 0 aromatic carbocycles. The van der Waals surface area contributed by atoms with Gasteiger partial charge in [0, 0.05) is 30.2 Å². The Morgan fingerprint density at radius 3 is 2.84 bits per heavy atom. The lowest BCUT2D eigenvalue weighted by Crippen LogP contribution is -2.04. The molecule has 0 radical (unpaired) electrons. The Labute approximate surface area is 115 Å². The van der Waals surface area contributed by atoms with E-state index in [-0.39, 0.29) is 0 Å². The molecule has 0 fully saturated rings. The highest BCUT2D eigenvalue weighted by Gasteiger charge is 2.12. The highest BCUT2D eigenvalue weighted by molar-refractivity contribution is 7.13. The van der Waals surface area contributed by atoms with E-state index in [4.69, 9.17) is 0 Å². The van der Waals surface area contributed by atoms with Crippen LogP contribution in [0.2, 0.25) is 0 Å². The predicted molar refractivity (Wildman–Crippen MR) is 73.5 cm³/mol. The van der Waals surface area contributed by atoms with E-state index in [1.807, 2.05) is 25.6 Å². The van der Waals surface area contributed by atoms with Crippen molar-refractivity contribution in [3.8, 4) is 0 Å². The molecule has 0 spiro atoms. The van der Waals surface area contributed by atoms with Gasteiger partial charge in [-0.25, -0.2) is 9.78 Å². The number of aromatic nitrogens is 3. The van der Waals surface area contributed by atoms with Gasteiger partial charge in [-0.05, 0) is 13.8 Å². The van der Waals surface area contributed by atoms with E-state index in [1.165, 1.54) is 18.4 Å². The topological polar surface area (TPSA) is 69.0 Å². The number of hydrogen-bond acceptors (Lipinski definition) is 6. The first-order valence-electron chi connectivity index (χ1n) is 5.79. The van der Waals surface area contributed by atoms with Crippen molar-refractivity contribution in [3.05, 3.63) is 28.0 Å². The van der Waals surface area contributed by atoms with Crippen LogP contribution in [-0.2, 0) is 18.3 Å². The first kappa shape index (κ1) is 13.5. The van der Waals surface area contributed by atoms with Crippen molar-refractivity contribution in [1.82, 2.24) is 14.8 Å². The van der Waals surface area contributed by atoms with Crippen molar-refractivity contribution in [3.63, 3.8) is 0 Å². The van der Waals surface area contributed by atoms with E-state index in [0.717, 1.165) is 17.0 Å². The van der Waals surface area contributed by atoms with Gasteiger partial charge in [-0.15, -0.1) is 11.3 Å². The van der Waals surface area contributed by atoms with Crippen molar-refractivity contribution in [2.45, 2.75) is 20.4 Å². The maximum absolute atomic E-state index is 11.3. The summed E-state index contributed by atoms with van der Waals surface area (Å²) in [5.41, 5.74) is 3.60. The van der Waals surface area contributed by atoms with Gasteiger partial charge in [0.1, 0.15) is 0 Å². The molecule has 0 aliphatic rings. The number of anilines is 1. The van der Waals surface area contributed by atoms with Crippen LogP contribution < -0.4 is 5.32 Å². The van der Waals surface area contributed by atoms with Gasteiger partial charge in [0.2, 0.25) is 0 Å². The average Bonchev–Trinajstić information content (AvgIpc) is 2.94. The normalized spacial score (nSPS) is 10.5. The van der Waals surface area contributed by atoms with E-state index < -0.39 is 5.97 Å². The second-order valence-electron chi connectivity index (χ2n) is 4.16. The molecule has 2 rings (SSSR count). The van der Waals surface area contributed by atoms with Gasteiger partial charge in [0.25, 0.3) is 0 Å². The standard InChI is InChI=1S/C12H16N4O2S/c1-7-9(8(2)16(3)15-7)5-13-12-14-10(6-19-12)11(17)18-4/h6H,5H2,1-4H3,(H,13,14). The summed E-state index contributed by atoms with van der Waals surface area (Å²) in [6.45, 7) is 4.64. The summed E-state index contributed by atoms with van der Waals surface area (Å²) < 4.78 is 6.47. The van der Waals surface area contributed by atoms with Crippen LogP contribution in [0.15, 0.2) is 5.38 Å². The molecule has 0 bridgehead atoms. The van der Waals surface area contributed by atoms with Crippen molar-refractivity contribution >= 4 is 22.4 Å². The summed E-state index contributed by atoms with van der Waals surface area (Å²) in [5.74, 6) is -0.418. The third kappa shape index (κ3) is 2.76. The molecule has 1 N–H and O–H groups in total. The van der Waals surface area contributed by atoms with Gasteiger partial charge in [-0.1, -0.05) is 0 Å². The molecule has 7 heteroatoms. The SMILES string of the molecule is COC(=O)c1csc(NCc2c(C)nn(C)c2C)n1. The molecular formula is C12H16N4O2S. The minimum atomic E-state index is -0.418. The molecule has 0 saturated heterocycles. The zero-order valence-corrected chi connectivity index (χ0v) is 12.2. The number of nitrogens with zero attached hydrogens (tertiary/aromatic N) is 3. The molecule has 2 heterocycles. The number of carbonyl (C=O) groups is 1. The Morgan fingerprint density at radius 2 is 2.26 bits per heavy atom. The molecule has 2 aromatic heterocycles. The quantitative estimate of drug-likeness (QED) is 0.866. The number of methoxy groups -OCH3 is 1. The van der Waals surface area contributed by atoms with Crippen molar-refractivity contribution in [2.24, 2.45) is 7.05 Å². The number of hydrogen-bond donors (Lipinski definition) is 1. The Morgan fingerprint density at radius 1 is 1.53 bits per heavy atom. The number of aryl methyl sites for hydroxylation is 2. The summed E-state index contributed by atoms with van der Waals surface area (Å²) in [6.07, 6.45) is 0. The lowest BCUT2D eigenvalue weighted by atomic mass is 10.2. The second kappa shape index (κ2) is 5.40. The van der Waals surface area contributed by atoms with Crippen molar-refractivity contribution < 1.29 is 9.53 Å². The van der Waals surface area contributed by atoms with Crippen molar-refractivity contribution in [2.75, 3.05) is 12.4 Å². The molecule has 0 saturated carbocycles. The monoisotopic (exact) mass is 280 g/mol. The smallest absolute Gasteiger partial charge is 0.357 e. The fourth-order valence-electron chi connectivity index (χ4n) is 1.79. The third-order valence-corrected chi connectivity index (χ3v) is 3.77. The summed E-state index contributed by atoms with van der Waals surface area (Å²) >= 11 is 1.38. The maximum atomic E-state index is 11.3. The number of thiazole rings is 1. The highest BCUT2D eigenvalue weighted by atomic mass is 32.1. The molecule has 2 aromatic rings. The molecule has 0 atom stereocenters. The molecule has 0 amide bonds. The van der Waals surface area contributed by atoms with Crippen LogP contribution in [0.1, 0.15) is 27.4 Å². The third-order valence-electron chi connectivity index (χ3n) is 2.97. The summed E-state index contributed by atoms with van der Waals surface area (Å²) in [6, 6.07) is 0. The molecule has 0 aliphatic heterocycles. The van der Waals surface area contributed by atoms with Crippen LogP contribution in [0.25, 0.3) is 0 Å². The lowest BCUT2D eigenvalue weighted by molar-refractivity contribution is 0.0595.